The fraction of sp³-hybridized carbons (Fsp3) is 0.263. The number of anilines is 2. The summed E-state index contributed by atoms with van der Waals surface area (Å²) in [6.07, 6.45) is 3.55. The maximum atomic E-state index is 12.1. The van der Waals surface area contributed by atoms with Crippen LogP contribution in [0, 0.1) is 0 Å². The van der Waals surface area contributed by atoms with Gasteiger partial charge in [-0.1, -0.05) is 56.2 Å². The third kappa shape index (κ3) is 5.18. The highest BCUT2D eigenvalue weighted by molar-refractivity contribution is 7.80. The van der Waals surface area contributed by atoms with Gasteiger partial charge in [0.2, 0.25) is 5.91 Å². The van der Waals surface area contributed by atoms with Crippen molar-refractivity contribution in [1.82, 2.24) is 5.32 Å². The van der Waals surface area contributed by atoms with Gasteiger partial charge in [-0.25, -0.2) is 0 Å². The largest absolute Gasteiger partial charge is 0.302 e. The number of benzene rings is 2. The van der Waals surface area contributed by atoms with Crippen LogP contribution >= 0.6 is 12.2 Å². The number of nitrogens with one attached hydrogen (secondary N) is 1. The van der Waals surface area contributed by atoms with E-state index in [4.69, 9.17) is 12.2 Å². The molecule has 0 aliphatic heterocycles. The van der Waals surface area contributed by atoms with Crippen LogP contribution in [0.1, 0.15) is 32.6 Å². The van der Waals surface area contributed by atoms with E-state index in [0.717, 1.165) is 30.6 Å². The SMILES string of the molecule is CCCCCC(=O)NC(=S)N(c1ccccc1)c1ccccc1. The van der Waals surface area contributed by atoms with Crippen molar-refractivity contribution in [3.05, 3.63) is 60.7 Å². The monoisotopic (exact) mass is 326 g/mol. The molecule has 2 aromatic rings. The highest BCUT2D eigenvalue weighted by Crippen LogP contribution is 2.25. The normalized spacial score (nSPS) is 10.1. The van der Waals surface area contributed by atoms with Crippen molar-refractivity contribution in [1.29, 1.82) is 0 Å². The van der Waals surface area contributed by atoms with Crippen molar-refractivity contribution >= 4 is 34.6 Å². The molecule has 1 amide bonds. The van der Waals surface area contributed by atoms with E-state index in [1.807, 2.05) is 65.6 Å². The molecule has 2 rings (SSSR count). The van der Waals surface area contributed by atoms with Crippen LogP contribution in [0.25, 0.3) is 0 Å². The molecule has 0 spiro atoms. The number of para-hydroxylation sites is 2. The number of carbonyl (C=O) groups is 1. The van der Waals surface area contributed by atoms with Crippen LogP contribution in [0.15, 0.2) is 60.7 Å². The minimum atomic E-state index is -0.0275. The van der Waals surface area contributed by atoms with Crippen LogP contribution in [-0.4, -0.2) is 11.0 Å². The molecule has 0 unspecified atom stereocenters. The Morgan fingerprint density at radius 2 is 1.48 bits per heavy atom. The van der Waals surface area contributed by atoms with E-state index in [-0.39, 0.29) is 5.91 Å². The highest BCUT2D eigenvalue weighted by Gasteiger charge is 2.16. The Bertz CT molecular complexity index is 589. The summed E-state index contributed by atoms with van der Waals surface area (Å²) in [6, 6.07) is 19.6. The first kappa shape index (κ1) is 17.2. The minimum Gasteiger partial charge on any atom is -0.302 e. The van der Waals surface area contributed by atoms with Crippen LogP contribution in [-0.2, 0) is 4.79 Å². The molecule has 0 bridgehead atoms. The molecule has 0 atom stereocenters. The molecule has 0 aliphatic carbocycles. The molecule has 0 radical (unpaired) electrons. The molecule has 2 aromatic carbocycles. The quantitative estimate of drug-likeness (QED) is 0.611. The molecule has 0 fully saturated rings. The summed E-state index contributed by atoms with van der Waals surface area (Å²) in [5, 5.41) is 3.26. The van der Waals surface area contributed by atoms with Crippen molar-refractivity contribution in [2.45, 2.75) is 32.6 Å². The third-order valence-electron chi connectivity index (χ3n) is 3.49. The number of rotatable bonds is 6. The van der Waals surface area contributed by atoms with Gasteiger partial charge in [-0.15, -0.1) is 0 Å². The van der Waals surface area contributed by atoms with E-state index >= 15 is 0 Å². The van der Waals surface area contributed by atoms with Gasteiger partial charge >= 0.3 is 0 Å². The molecule has 0 aliphatic rings. The van der Waals surface area contributed by atoms with Crippen molar-refractivity contribution in [2.24, 2.45) is 0 Å². The Labute approximate surface area is 143 Å². The van der Waals surface area contributed by atoms with Gasteiger partial charge in [-0.3, -0.25) is 9.69 Å². The van der Waals surface area contributed by atoms with Crippen LogP contribution < -0.4 is 10.2 Å². The van der Waals surface area contributed by atoms with E-state index in [0.29, 0.717) is 11.5 Å². The molecule has 0 saturated carbocycles. The lowest BCUT2D eigenvalue weighted by atomic mass is 10.2. The third-order valence-corrected chi connectivity index (χ3v) is 3.77. The van der Waals surface area contributed by atoms with Crippen molar-refractivity contribution in [3.8, 4) is 0 Å². The zero-order chi connectivity index (χ0) is 16.5. The van der Waals surface area contributed by atoms with Crippen molar-refractivity contribution in [2.75, 3.05) is 4.90 Å². The molecule has 4 heteroatoms. The Balaban J connectivity index is 2.15. The number of carbonyl (C=O) groups excluding carboxylic acids is 1. The van der Waals surface area contributed by atoms with E-state index in [9.17, 15) is 4.79 Å². The van der Waals surface area contributed by atoms with Crippen LogP contribution in [0.2, 0.25) is 0 Å². The van der Waals surface area contributed by atoms with Crippen LogP contribution in [0.5, 0.6) is 0 Å². The summed E-state index contributed by atoms with van der Waals surface area (Å²) >= 11 is 5.49. The standard InChI is InChI=1S/C19H22N2OS/c1-2-3-6-15-18(22)20-19(23)21(16-11-7-4-8-12-16)17-13-9-5-10-14-17/h4-5,7-14H,2-3,6,15H2,1H3,(H,20,22,23). The minimum absolute atomic E-state index is 0.0275. The highest BCUT2D eigenvalue weighted by atomic mass is 32.1. The van der Waals surface area contributed by atoms with Gasteiger partial charge in [0, 0.05) is 17.8 Å². The maximum Gasteiger partial charge on any atom is 0.226 e. The topological polar surface area (TPSA) is 32.3 Å². The summed E-state index contributed by atoms with van der Waals surface area (Å²) in [7, 11) is 0. The van der Waals surface area contributed by atoms with Crippen LogP contribution in [0.4, 0.5) is 11.4 Å². The first-order chi connectivity index (χ1) is 11.2. The molecule has 0 aromatic heterocycles. The Morgan fingerprint density at radius 1 is 0.957 bits per heavy atom. The van der Waals surface area contributed by atoms with Gasteiger partial charge in [0.05, 0.1) is 0 Å². The molecule has 120 valence electrons. The van der Waals surface area contributed by atoms with E-state index in [1.54, 1.807) is 0 Å². The number of hydrogen-bond acceptors (Lipinski definition) is 2. The first-order valence-electron chi connectivity index (χ1n) is 7.96. The number of hydrogen-bond donors (Lipinski definition) is 1. The van der Waals surface area contributed by atoms with E-state index in [1.165, 1.54) is 0 Å². The Hall–Kier alpha value is -2.20. The number of unbranched alkanes of at least 4 members (excludes halogenated alkanes) is 2. The molecular weight excluding hydrogens is 304 g/mol. The fourth-order valence-corrected chi connectivity index (χ4v) is 2.64. The van der Waals surface area contributed by atoms with Gasteiger partial charge in [0.15, 0.2) is 5.11 Å². The van der Waals surface area contributed by atoms with Crippen LogP contribution in [0.3, 0.4) is 0 Å². The van der Waals surface area contributed by atoms with Gasteiger partial charge in [0.1, 0.15) is 0 Å². The second-order valence-electron chi connectivity index (χ2n) is 5.32. The lowest BCUT2D eigenvalue weighted by molar-refractivity contribution is -0.119. The second kappa shape index (κ2) is 9.06. The molecule has 3 nitrogen and oxygen atoms in total. The average Bonchev–Trinajstić information content (AvgIpc) is 2.57. The van der Waals surface area contributed by atoms with Crippen molar-refractivity contribution in [3.63, 3.8) is 0 Å². The summed E-state index contributed by atoms with van der Waals surface area (Å²) in [6.45, 7) is 2.12. The van der Waals surface area contributed by atoms with Crippen molar-refractivity contribution < 1.29 is 4.79 Å². The van der Waals surface area contributed by atoms with Gasteiger partial charge in [-0.05, 0) is 42.9 Å². The number of nitrogens with zero attached hydrogens (tertiary/aromatic N) is 1. The molecule has 1 N–H and O–H groups in total. The summed E-state index contributed by atoms with van der Waals surface area (Å²) < 4.78 is 0. The number of thiocarbonyl (C=S) groups is 1. The lowest BCUT2D eigenvalue weighted by Crippen LogP contribution is -2.40. The van der Waals surface area contributed by atoms with Gasteiger partial charge in [-0.2, -0.15) is 0 Å². The van der Waals surface area contributed by atoms with E-state index in [2.05, 4.69) is 12.2 Å². The maximum absolute atomic E-state index is 12.1. The predicted molar refractivity (Wildman–Crippen MR) is 99.9 cm³/mol. The van der Waals surface area contributed by atoms with E-state index < -0.39 is 0 Å². The zero-order valence-electron chi connectivity index (χ0n) is 13.4. The predicted octanol–water partition coefficient (Wildman–Crippen LogP) is 4.81. The van der Waals surface area contributed by atoms with Gasteiger partial charge < -0.3 is 5.32 Å². The smallest absolute Gasteiger partial charge is 0.226 e. The average molecular weight is 326 g/mol. The summed E-state index contributed by atoms with van der Waals surface area (Å²) in [5.74, 6) is -0.0275. The first-order valence-corrected chi connectivity index (χ1v) is 8.37. The Morgan fingerprint density at radius 3 is 1.96 bits per heavy atom. The summed E-state index contributed by atoms with van der Waals surface area (Å²) in [5.41, 5.74) is 1.86. The lowest BCUT2D eigenvalue weighted by Gasteiger charge is -2.25. The number of amides is 1. The van der Waals surface area contributed by atoms with Gasteiger partial charge in [0.25, 0.3) is 0 Å². The molecule has 0 saturated heterocycles. The zero-order valence-corrected chi connectivity index (χ0v) is 14.2. The molecule has 0 heterocycles. The second-order valence-corrected chi connectivity index (χ2v) is 5.70. The Kier molecular flexibility index (Phi) is 6.76. The molecule has 23 heavy (non-hydrogen) atoms. The summed E-state index contributed by atoms with van der Waals surface area (Å²) in [4.78, 5) is 14.0. The fourth-order valence-electron chi connectivity index (χ4n) is 2.31. The molecular formula is C19H22N2OS.